The molecule has 0 amide bonds. The molecule has 0 aliphatic carbocycles. The molecular formula is C17H15NO. The summed E-state index contributed by atoms with van der Waals surface area (Å²) in [5, 5.41) is 3.46. The maximum Gasteiger partial charge on any atom is 0.160 e. The molecule has 1 aliphatic heterocycles. The molecule has 0 bridgehead atoms. The first-order valence-electron chi connectivity index (χ1n) is 6.44. The minimum Gasteiger partial charge on any atom is -0.377 e. The van der Waals surface area contributed by atoms with E-state index in [1.165, 1.54) is 0 Å². The van der Waals surface area contributed by atoms with Crippen LogP contribution < -0.4 is 5.32 Å². The molecule has 1 N–H and O–H groups in total. The summed E-state index contributed by atoms with van der Waals surface area (Å²) in [6.07, 6.45) is 2.22. The van der Waals surface area contributed by atoms with E-state index in [-0.39, 0.29) is 11.8 Å². The zero-order valence-corrected chi connectivity index (χ0v) is 10.5. The lowest BCUT2D eigenvalue weighted by Gasteiger charge is -2.25. The van der Waals surface area contributed by atoms with Gasteiger partial charge in [-0.1, -0.05) is 60.7 Å². The maximum atomic E-state index is 11.9. The summed E-state index contributed by atoms with van der Waals surface area (Å²) >= 11 is 0. The van der Waals surface area contributed by atoms with Gasteiger partial charge in [-0.2, -0.15) is 0 Å². The Kier molecular flexibility index (Phi) is 3.15. The number of carbonyl (C=O) groups excluding carboxylic acids is 1. The fourth-order valence-electron chi connectivity index (χ4n) is 2.37. The van der Waals surface area contributed by atoms with Gasteiger partial charge < -0.3 is 5.32 Å². The molecule has 19 heavy (non-hydrogen) atoms. The highest BCUT2D eigenvalue weighted by atomic mass is 16.1. The van der Waals surface area contributed by atoms with E-state index in [2.05, 4.69) is 17.4 Å². The predicted molar refractivity (Wildman–Crippen MR) is 76.4 cm³/mol. The number of hydrogen-bond donors (Lipinski definition) is 1. The molecular weight excluding hydrogens is 234 g/mol. The van der Waals surface area contributed by atoms with Gasteiger partial charge in [-0.3, -0.25) is 4.79 Å². The second-order valence-corrected chi connectivity index (χ2v) is 4.70. The van der Waals surface area contributed by atoms with E-state index in [1.807, 2.05) is 48.5 Å². The standard InChI is InChI=1S/C17H15NO/c19-15-11-16(13-7-3-1-4-8-13)18-17(12-15)14-9-5-2-6-10-14/h1-11,17-18H,12H2. The predicted octanol–water partition coefficient (Wildman–Crippen LogP) is 3.33. The van der Waals surface area contributed by atoms with Crippen molar-refractivity contribution in [3.63, 3.8) is 0 Å². The smallest absolute Gasteiger partial charge is 0.160 e. The Bertz CT molecular complexity index is 602. The van der Waals surface area contributed by atoms with Crippen LogP contribution in [0, 0.1) is 0 Å². The molecule has 2 heteroatoms. The van der Waals surface area contributed by atoms with Gasteiger partial charge in [-0.15, -0.1) is 0 Å². The number of ketones is 1. The van der Waals surface area contributed by atoms with Crippen LogP contribution in [0.2, 0.25) is 0 Å². The molecule has 2 aromatic rings. The van der Waals surface area contributed by atoms with Gasteiger partial charge in [0, 0.05) is 18.2 Å². The van der Waals surface area contributed by atoms with Crippen molar-refractivity contribution in [3.05, 3.63) is 77.9 Å². The number of allylic oxidation sites excluding steroid dienone is 1. The Balaban J connectivity index is 1.90. The van der Waals surface area contributed by atoms with Gasteiger partial charge in [-0.05, 0) is 11.1 Å². The number of nitrogens with one attached hydrogen (secondary N) is 1. The van der Waals surface area contributed by atoms with Crippen LogP contribution in [-0.2, 0) is 4.79 Å². The van der Waals surface area contributed by atoms with Crippen LogP contribution in [0.4, 0.5) is 0 Å². The van der Waals surface area contributed by atoms with Gasteiger partial charge in [-0.25, -0.2) is 0 Å². The van der Waals surface area contributed by atoms with Gasteiger partial charge in [0.05, 0.1) is 6.04 Å². The average Bonchev–Trinajstić information content (AvgIpc) is 2.48. The first kappa shape index (κ1) is 11.7. The quantitative estimate of drug-likeness (QED) is 0.884. The van der Waals surface area contributed by atoms with Crippen molar-refractivity contribution in [1.29, 1.82) is 0 Å². The number of benzene rings is 2. The van der Waals surface area contributed by atoms with Crippen LogP contribution in [0.25, 0.3) is 5.70 Å². The topological polar surface area (TPSA) is 29.1 Å². The largest absolute Gasteiger partial charge is 0.377 e. The van der Waals surface area contributed by atoms with Gasteiger partial charge in [0.2, 0.25) is 0 Å². The highest BCUT2D eigenvalue weighted by Gasteiger charge is 2.21. The second-order valence-electron chi connectivity index (χ2n) is 4.70. The second kappa shape index (κ2) is 5.11. The van der Waals surface area contributed by atoms with Crippen molar-refractivity contribution in [2.45, 2.75) is 12.5 Å². The third-order valence-electron chi connectivity index (χ3n) is 3.33. The minimum atomic E-state index is 0.0638. The van der Waals surface area contributed by atoms with E-state index >= 15 is 0 Å². The van der Waals surface area contributed by atoms with Crippen molar-refractivity contribution in [2.24, 2.45) is 0 Å². The summed E-state index contributed by atoms with van der Waals surface area (Å²) < 4.78 is 0. The molecule has 1 aliphatic rings. The van der Waals surface area contributed by atoms with Crippen molar-refractivity contribution in [3.8, 4) is 0 Å². The lowest BCUT2D eigenvalue weighted by atomic mass is 9.95. The Morgan fingerprint density at radius 2 is 1.53 bits per heavy atom. The van der Waals surface area contributed by atoms with Crippen molar-refractivity contribution in [2.75, 3.05) is 0 Å². The van der Waals surface area contributed by atoms with E-state index in [0.717, 1.165) is 16.8 Å². The Labute approximate surface area is 112 Å². The summed E-state index contributed by atoms with van der Waals surface area (Å²) in [4.78, 5) is 11.9. The molecule has 0 saturated carbocycles. The third-order valence-corrected chi connectivity index (χ3v) is 3.33. The lowest BCUT2D eigenvalue weighted by molar-refractivity contribution is -0.115. The summed E-state index contributed by atoms with van der Waals surface area (Å²) in [5.41, 5.74) is 3.11. The van der Waals surface area contributed by atoms with Crippen LogP contribution in [-0.4, -0.2) is 5.78 Å². The van der Waals surface area contributed by atoms with Crippen molar-refractivity contribution < 1.29 is 4.79 Å². The zero-order valence-electron chi connectivity index (χ0n) is 10.5. The van der Waals surface area contributed by atoms with E-state index in [9.17, 15) is 4.79 Å². The number of carbonyl (C=O) groups is 1. The molecule has 0 spiro atoms. The molecule has 1 heterocycles. The maximum absolute atomic E-state index is 11.9. The fraction of sp³-hybridized carbons (Fsp3) is 0.118. The van der Waals surface area contributed by atoms with Gasteiger partial charge >= 0.3 is 0 Å². The molecule has 2 nitrogen and oxygen atoms in total. The van der Waals surface area contributed by atoms with E-state index in [0.29, 0.717) is 6.42 Å². The summed E-state index contributed by atoms with van der Waals surface area (Å²) in [6, 6.07) is 20.1. The first-order chi connectivity index (χ1) is 9.33. The van der Waals surface area contributed by atoms with E-state index in [4.69, 9.17) is 0 Å². The molecule has 0 radical (unpaired) electrons. The van der Waals surface area contributed by atoms with Crippen molar-refractivity contribution >= 4 is 11.5 Å². The van der Waals surface area contributed by atoms with Crippen molar-refractivity contribution in [1.82, 2.24) is 5.32 Å². The molecule has 0 fully saturated rings. The van der Waals surface area contributed by atoms with Gasteiger partial charge in [0.15, 0.2) is 5.78 Å². The van der Waals surface area contributed by atoms with Crippen LogP contribution >= 0.6 is 0 Å². The fourth-order valence-corrected chi connectivity index (χ4v) is 2.37. The Hall–Kier alpha value is -2.35. The van der Waals surface area contributed by atoms with Crippen LogP contribution in [0.3, 0.4) is 0 Å². The van der Waals surface area contributed by atoms with E-state index in [1.54, 1.807) is 6.08 Å². The number of hydrogen-bond acceptors (Lipinski definition) is 2. The normalized spacial score (nSPS) is 18.6. The molecule has 1 unspecified atom stereocenters. The molecule has 94 valence electrons. The number of rotatable bonds is 2. The first-order valence-corrected chi connectivity index (χ1v) is 6.44. The zero-order chi connectivity index (χ0) is 13.1. The van der Waals surface area contributed by atoms with Gasteiger partial charge in [0.1, 0.15) is 0 Å². The minimum absolute atomic E-state index is 0.0638. The lowest BCUT2D eigenvalue weighted by Crippen LogP contribution is -2.27. The highest BCUT2D eigenvalue weighted by Crippen LogP contribution is 2.26. The highest BCUT2D eigenvalue weighted by molar-refractivity contribution is 5.98. The average molecular weight is 249 g/mol. The van der Waals surface area contributed by atoms with E-state index < -0.39 is 0 Å². The molecule has 3 rings (SSSR count). The summed E-state index contributed by atoms with van der Waals surface area (Å²) in [6.45, 7) is 0. The molecule has 1 atom stereocenters. The monoisotopic (exact) mass is 249 g/mol. The SMILES string of the molecule is O=C1C=C(c2ccccc2)NC(c2ccccc2)C1. The molecule has 0 aromatic heterocycles. The molecule has 0 saturated heterocycles. The molecule has 2 aromatic carbocycles. The third kappa shape index (κ3) is 2.58. The van der Waals surface area contributed by atoms with Gasteiger partial charge in [0.25, 0.3) is 0 Å². The Morgan fingerprint density at radius 1 is 0.895 bits per heavy atom. The summed E-state index contributed by atoms with van der Waals surface area (Å²) in [5.74, 6) is 0.173. The van der Waals surface area contributed by atoms with Crippen LogP contribution in [0.5, 0.6) is 0 Å². The van der Waals surface area contributed by atoms with Crippen LogP contribution in [0.1, 0.15) is 23.6 Å². The Morgan fingerprint density at radius 3 is 2.21 bits per heavy atom. The van der Waals surface area contributed by atoms with Crippen LogP contribution in [0.15, 0.2) is 66.7 Å². The summed E-state index contributed by atoms with van der Waals surface area (Å²) in [7, 11) is 0.